The van der Waals surface area contributed by atoms with Gasteiger partial charge in [0.1, 0.15) is 6.54 Å². The Hall–Kier alpha value is -2.95. The smallest absolute Gasteiger partial charge is 0.261 e. The van der Waals surface area contributed by atoms with E-state index in [2.05, 4.69) is 4.98 Å². The Bertz CT molecular complexity index is 1010. The average molecular weight is 349 g/mol. The van der Waals surface area contributed by atoms with Crippen LogP contribution in [0.1, 0.15) is 29.7 Å². The zero-order chi connectivity index (χ0) is 18.8. The molecule has 0 aliphatic carbocycles. The molecule has 0 saturated heterocycles. The van der Waals surface area contributed by atoms with Crippen molar-refractivity contribution < 1.29 is 4.79 Å². The first-order valence-corrected chi connectivity index (χ1v) is 8.65. The number of likely N-dealkylation sites (N-methyl/N-ethyl adjacent to an activating group) is 1. The van der Waals surface area contributed by atoms with E-state index >= 15 is 0 Å². The summed E-state index contributed by atoms with van der Waals surface area (Å²) in [4.78, 5) is 31.4. The van der Waals surface area contributed by atoms with Crippen molar-refractivity contribution in [3.63, 3.8) is 0 Å². The van der Waals surface area contributed by atoms with E-state index in [1.807, 2.05) is 57.2 Å². The first kappa shape index (κ1) is 17.9. The summed E-state index contributed by atoms with van der Waals surface area (Å²) in [6.07, 6.45) is 1.46. The van der Waals surface area contributed by atoms with E-state index in [4.69, 9.17) is 0 Å². The molecule has 5 heteroatoms. The Morgan fingerprint density at radius 1 is 1.15 bits per heavy atom. The quantitative estimate of drug-likeness (QED) is 0.727. The SMILES string of the molecule is Cc1ccc(C(C)N(C)C(=O)Cn2cnc3c(C)cccc3c2=O)cc1. The van der Waals surface area contributed by atoms with Gasteiger partial charge in [-0.1, -0.05) is 42.0 Å². The number of hydrogen-bond acceptors (Lipinski definition) is 3. The van der Waals surface area contributed by atoms with Gasteiger partial charge in [0.15, 0.2) is 0 Å². The minimum Gasteiger partial charge on any atom is -0.337 e. The van der Waals surface area contributed by atoms with Crippen molar-refractivity contribution in [3.8, 4) is 0 Å². The maximum atomic E-state index is 12.7. The molecule has 0 radical (unpaired) electrons. The highest BCUT2D eigenvalue weighted by Crippen LogP contribution is 2.19. The number of benzene rings is 2. The first-order chi connectivity index (χ1) is 12.4. The average Bonchev–Trinajstić information content (AvgIpc) is 2.64. The molecule has 1 heterocycles. The van der Waals surface area contributed by atoms with Gasteiger partial charge in [-0.05, 0) is 38.0 Å². The molecule has 0 aliphatic heterocycles. The van der Waals surface area contributed by atoms with Crippen LogP contribution in [-0.4, -0.2) is 27.4 Å². The second-order valence-corrected chi connectivity index (χ2v) is 6.74. The number of carbonyl (C=O) groups excluding carboxylic acids is 1. The number of carbonyl (C=O) groups is 1. The number of hydrogen-bond donors (Lipinski definition) is 0. The monoisotopic (exact) mass is 349 g/mol. The van der Waals surface area contributed by atoms with Crippen LogP contribution < -0.4 is 5.56 Å². The van der Waals surface area contributed by atoms with Gasteiger partial charge in [-0.15, -0.1) is 0 Å². The molecule has 0 bridgehead atoms. The molecule has 1 amide bonds. The highest BCUT2D eigenvalue weighted by Gasteiger charge is 2.18. The van der Waals surface area contributed by atoms with Gasteiger partial charge in [-0.2, -0.15) is 0 Å². The molecule has 2 aromatic carbocycles. The predicted octanol–water partition coefficient (Wildman–Crippen LogP) is 3.23. The summed E-state index contributed by atoms with van der Waals surface area (Å²) in [5.41, 5.74) is 3.68. The molecule has 0 spiro atoms. The molecule has 134 valence electrons. The highest BCUT2D eigenvalue weighted by atomic mass is 16.2. The normalized spacial score (nSPS) is 12.2. The van der Waals surface area contributed by atoms with Crippen LogP contribution in [0.5, 0.6) is 0 Å². The summed E-state index contributed by atoms with van der Waals surface area (Å²) in [7, 11) is 1.76. The molecule has 3 rings (SSSR count). The fraction of sp³-hybridized carbons (Fsp3) is 0.286. The fourth-order valence-corrected chi connectivity index (χ4v) is 2.99. The Morgan fingerprint density at radius 2 is 1.85 bits per heavy atom. The standard InChI is InChI=1S/C21H23N3O2/c1-14-8-10-17(11-9-14)16(3)23(4)19(25)12-24-13-22-20-15(2)6-5-7-18(20)21(24)26/h5-11,13,16H,12H2,1-4H3. The summed E-state index contributed by atoms with van der Waals surface area (Å²) < 4.78 is 1.38. The molecule has 0 aliphatic rings. The van der Waals surface area contributed by atoms with Crippen LogP contribution in [0.25, 0.3) is 10.9 Å². The van der Waals surface area contributed by atoms with E-state index < -0.39 is 0 Å². The minimum atomic E-state index is -0.191. The van der Waals surface area contributed by atoms with Crippen LogP contribution >= 0.6 is 0 Å². The van der Waals surface area contributed by atoms with Gasteiger partial charge < -0.3 is 4.90 Å². The molecule has 5 nitrogen and oxygen atoms in total. The van der Waals surface area contributed by atoms with Crippen molar-refractivity contribution in [2.45, 2.75) is 33.4 Å². The lowest BCUT2D eigenvalue weighted by atomic mass is 10.1. The third-order valence-electron chi connectivity index (χ3n) is 4.89. The molecule has 1 aromatic heterocycles. The van der Waals surface area contributed by atoms with Gasteiger partial charge in [0.2, 0.25) is 5.91 Å². The largest absolute Gasteiger partial charge is 0.337 e. The summed E-state index contributed by atoms with van der Waals surface area (Å²) in [5.74, 6) is -0.131. The summed E-state index contributed by atoms with van der Waals surface area (Å²) in [6.45, 7) is 5.90. The van der Waals surface area contributed by atoms with Crippen molar-refractivity contribution in [3.05, 3.63) is 75.8 Å². The van der Waals surface area contributed by atoms with Gasteiger partial charge in [-0.25, -0.2) is 4.98 Å². The van der Waals surface area contributed by atoms with Crippen molar-refractivity contribution >= 4 is 16.8 Å². The fourth-order valence-electron chi connectivity index (χ4n) is 2.99. The van der Waals surface area contributed by atoms with Gasteiger partial charge in [-0.3, -0.25) is 14.2 Å². The second-order valence-electron chi connectivity index (χ2n) is 6.74. The van der Waals surface area contributed by atoms with Gasteiger partial charge in [0.25, 0.3) is 5.56 Å². The van der Waals surface area contributed by atoms with E-state index in [0.29, 0.717) is 10.9 Å². The van der Waals surface area contributed by atoms with Crippen molar-refractivity contribution in [2.24, 2.45) is 0 Å². The number of rotatable bonds is 4. The van der Waals surface area contributed by atoms with Crippen LogP contribution in [0.4, 0.5) is 0 Å². The molecule has 1 atom stereocenters. The molecule has 0 fully saturated rings. The molecular weight excluding hydrogens is 326 g/mol. The zero-order valence-corrected chi connectivity index (χ0v) is 15.6. The van der Waals surface area contributed by atoms with Crippen LogP contribution in [0.15, 0.2) is 53.6 Å². The van der Waals surface area contributed by atoms with E-state index in [1.54, 1.807) is 18.0 Å². The van der Waals surface area contributed by atoms with E-state index in [9.17, 15) is 9.59 Å². The minimum absolute atomic E-state index is 0.0254. The molecule has 0 N–H and O–H groups in total. The number of amides is 1. The lowest BCUT2D eigenvalue weighted by molar-refractivity contribution is -0.132. The Kier molecular flexibility index (Phi) is 4.89. The van der Waals surface area contributed by atoms with Crippen LogP contribution in [0.2, 0.25) is 0 Å². The van der Waals surface area contributed by atoms with Crippen molar-refractivity contribution in [2.75, 3.05) is 7.05 Å². The zero-order valence-electron chi connectivity index (χ0n) is 15.6. The van der Waals surface area contributed by atoms with Crippen LogP contribution in [0, 0.1) is 13.8 Å². The van der Waals surface area contributed by atoms with Crippen LogP contribution in [-0.2, 0) is 11.3 Å². The van der Waals surface area contributed by atoms with E-state index in [0.717, 1.165) is 11.1 Å². The predicted molar refractivity (Wildman–Crippen MR) is 103 cm³/mol. The number of fused-ring (bicyclic) bond motifs is 1. The first-order valence-electron chi connectivity index (χ1n) is 8.65. The van der Waals surface area contributed by atoms with E-state index in [1.165, 1.54) is 16.5 Å². The summed E-state index contributed by atoms with van der Waals surface area (Å²) in [5, 5.41) is 0.537. The van der Waals surface area contributed by atoms with Crippen molar-refractivity contribution in [1.29, 1.82) is 0 Å². The number of aromatic nitrogens is 2. The third kappa shape index (κ3) is 3.38. The molecule has 3 aromatic rings. The lowest BCUT2D eigenvalue weighted by Crippen LogP contribution is -2.35. The second kappa shape index (κ2) is 7.12. The summed E-state index contributed by atoms with van der Waals surface area (Å²) in [6, 6.07) is 13.5. The number of aryl methyl sites for hydroxylation is 2. The Balaban J connectivity index is 1.83. The van der Waals surface area contributed by atoms with Gasteiger partial charge in [0.05, 0.1) is 23.3 Å². The van der Waals surface area contributed by atoms with Gasteiger partial charge in [0, 0.05) is 7.05 Å². The summed E-state index contributed by atoms with van der Waals surface area (Å²) >= 11 is 0. The topological polar surface area (TPSA) is 55.2 Å². The maximum absolute atomic E-state index is 12.7. The third-order valence-corrected chi connectivity index (χ3v) is 4.89. The van der Waals surface area contributed by atoms with Crippen LogP contribution in [0.3, 0.4) is 0 Å². The maximum Gasteiger partial charge on any atom is 0.261 e. The Labute approximate surface area is 152 Å². The number of nitrogens with zero attached hydrogens (tertiary/aromatic N) is 3. The molecular formula is C21H23N3O2. The lowest BCUT2D eigenvalue weighted by Gasteiger charge is -2.25. The highest BCUT2D eigenvalue weighted by molar-refractivity contribution is 5.81. The number of para-hydroxylation sites is 1. The molecule has 0 saturated carbocycles. The van der Waals surface area contributed by atoms with Crippen molar-refractivity contribution in [1.82, 2.24) is 14.5 Å². The Morgan fingerprint density at radius 3 is 2.54 bits per heavy atom. The molecule has 1 unspecified atom stereocenters. The molecule has 26 heavy (non-hydrogen) atoms. The van der Waals surface area contributed by atoms with E-state index in [-0.39, 0.29) is 24.1 Å². The van der Waals surface area contributed by atoms with Gasteiger partial charge >= 0.3 is 0 Å².